The maximum atomic E-state index is 12.2. The molecule has 1 aromatic carbocycles. The molecule has 0 saturated carbocycles. The highest BCUT2D eigenvalue weighted by atomic mass is 35.5. The van der Waals surface area contributed by atoms with Gasteiger partial charge in [-0.1, -0.05) is 65.3 Å². The van der Waals surface area contributed by atoms with Crippen molar-refractivity contribution in [2.24, 2.45) is 10.8 Å². The van der Waals surface area contributed by atoms with E-state index in [-0.39, 0.29) is 17.4 Å². The molecule has 0 N–H and O–H groups in total. The Morgan fingerprint density at radius 1 is 1.00 bits per heavy atom. The van der Waals surface area contributed by atoms with Crippen molar-refractivity contribution < 1.29 is 19.0 Å². The number of hydrogen-bond donors (Lipinski definition) is 0. The number of ether oxygens (including phenoxy) is 3. The van der Waals surface area contributed by atoms with Gasteiger partial charge in [0.15, 0.2) is 6.29 Å². The van der Waals surface area contributed by atoms with E-state index in [9.17, 15) is 4.79 Å². The second kappa shape index (κ2) is 8.84. The SMILES string of the molecule is CC(C)(C)COC(COC(=O)c1ccccc1Cl)OCC(C)(C)C. The molecule has 0 spiro atoms. The first-order valence-corrected chi connectivity index (χ1v) is 8.51. The Labute approximate surface area is 150 Å². The van der Waals surface area contributed by atoms with Crippen LogP contribution in [0.4, 0.5) is 0 Å². The first-order chi connectivity index (χ1) is 11.0. The molecule has 0 heterocycles. The molecule has 0 aliphatic carbocycles. The third-order valence-electron chi connectivity index (χ3n) is 2.85. The summed E-state index contributed by atoms with van der Waals surface area (Å²) in [6.45, 7) is 13.5. The first kappa shape index (κ1) is 20.9. The van der Waals surface area contributed by atoms with E-state index >= 15 is 0 Å². The quantitative estimate of drug-likeness (QED) is 0.512. The molecule has 1 aromatic rings. The van der Waals surface area contributed by atoms with Gasteiger partial charge >= 0.3 is 5.97 Å². The molecular weight excluding hydrogens is 328 g/mol. The molecule has 0 aliphatic heterocycles. The van der Waals surface area contributed by atoms with Crippen LogP contribution in [0.1, 0.15) is 51.9 Å². The highest BCUT2D eigenvalue weighted by molar-refractivity contribution is 6.33. The van der Waals surface area contributed by atoms with Crippen molar-refractivity contribution in [2.75, 3.05) is 19.8 Å². The number of rotatable bonds is 7. The summed E-state index contributed by atoms with van der Waals surface area (Å²) in [5, 5.41) is 0.366. The molecule has 24 heavy (non-hydrogen) atoms. The lowest BCUT2D eigenvalue weighted by atomic mass is 9.98. The summed E-state index contributed by atoms with van der Waals surface area (Å²) in [7, 11) is 0. The second-order valence-electron chi connectivity index (χ2n) is 8.25. The molecule has 0 saturated heterocycles. The summed E-state index contributed by atoms with van der Waals surface area (Å²) in [6.07, 6.45) is -0.602. The van der Waals surface area contributed by atoms with Crippen LogP contribution in [0.3, 0.4) is 0 Å². The van der Waals surface area contributed by atoms with Gasteiger partial charge < -0.3 is 14.2 Å². The fourth-order valence-electron chi connectivity index (χ4n) is 1.68. The Morgan fingerprint density at radius 3 is 1.96 bits per heavy atom. The van der Waals surface area contributed by atoms with Crippen molar-refractivity contribution in [1.29, 1.82) is 0 Å². The van der Waals surface area contributed by atoms with Crippen LogP contribution in [-0.4, -0.2) is 32.1 Å². The third kappa shape index (κ3) is 8.67. The lowest BCUT2D eigenvalue weighted by molar-refractivity contribution is -0.186. The molecule has 0 aliphatic rings. The highest BCUT2D eigenvalue weighted by Gasteiger charge is 2.21. The van der Waals surface area contributed by atoms with Gasteiger partial charge in [-0.25, -0.2) is 4.79 Å². The molecule has 0 aromatic heterocycles. The van der Waals surface area contributed by atoms with Crippen LogP contribution < -0.4 is 0 Å². The zero-order valence-electron chi connectivity index (χ0n) is 15.5. The first-order valence-electron chi connectivity index (χ1n) is 8.13. The van der Waals surface area contributed by atoms with Crippen molar-refractivity contribution in [3.05, 3.63) is 34.9 Å². The van der Waals surface area contributed by atoms with Crippen molar-refractivity contribution in [1.82, 2.24) is 0 Å². The van der Waals surface area contributed by atoms with Gasteiger partial charge in [0.1, 0.15) is 6.61 Å². The Morgan fingerprint density at radius 2 is 1.50 bits per heavy atom. The summed E-state index contributed by atoms with van der Waals surface area (Å²) in [5.41, 5.74) is 0.330. The smallest absolute Gasteiger partial charge is 0.339 e. The van der Waals surface area contributed by atoms with E-state index in [1.165, 1.54) is 0 Å². The maximum absolute atomic E-state index is 12.2. The fourth-order valence-corrected chi connectivity index (χ4v) is 1.89. The summed E-state index contributed by atoms with van der Waals surface area (Å²) >= 11 is 6.01. The van der Waals surface area contributed by atoms with Gasteiger partial charge in [-0.15, -0.1) is 0 Å². The number of hydrogen-bond acceptors (Lipinski definition) is 4. The molecule has 0 fully saturated rings. The number of benzene rings is 1. The van der Waals surface area contributed by atoms with E-state index in [0.29, 0.717) is 23.8 Å². The molecular formula is C19H29ClO4. The van der Waals surface area contributed by atoms with Crippen LogP contribution in [0.25, 0.3) is 0 Å². The number of esters is 1. The molecule has 0 bridgehead atoms. The van der Waals surface area contributed by atoms with Gasteiger partial charge in [-0.3, -0.25) is 0 Å². The minimum atomic E-state index is -0.602. The molecule has 0 atom stereocenters. The standard InChI is InChI=1S/C19H29ClO4/c1-18(2,3)12-23-16(24-13-19(4,5)6)11-22-17(21)14-9-7-8-10-15(14)20/h7-10,16H,11-13H2,1-6H3. The third-order valence-corrected chi connectivity index (χ3v) is 3.18. The van der Waals surface area contributed by atoms with Crippen molar-refractivity contribution >= 4 is 17.6 Å². The Kier molecular flexibility index (Phi) is 7.71. The van der Waals surface area contributed by atoms with Gasteiger partial charge in [-0.2, -0.15) is 0 Å². The normalized spacial score (nSPS) is 12.5. The Bertz CT molecular complexity index is 511. The zero-order chi connectivity index (χ0) is 18.4. The van der Waals surface area contributed by atoms with Crippen LogP contribution in [0, 0.1) is 10.8 Å². The topological polar surface area (TPSA) is 44.8 Å². The number of carbonyl (C=O) groups is 1. The zero-order valence-corrected chi connectivity index (χ0v) is 16.3. The highest BCUT2D eigenvalue weighted by Crippen LogP contribution is 2.19. The van der Waals surface area contributed by atoms with Crippen LogP contribution in [0.15, 0.2) is 24.3 Å². The maximum Gasteiger partial charge on any atom is 0.339 e. The molecule has 1 rings (SSSR count). The molecule has 0 radical (unpaired) electrons. The molecule has 0 unspecified atom stereocenters. The lowest BCUT2D eigenvalue weighted by Gasteiger charge is -2.27. The summed E-state index contributed by atoms with van der Waals surface area (Å²) in [4.78, 5) is 12.2. The van der Waals surface area contributed by atoms with E-state index in [1.807, 2.05) is 0 Å². The second-order valence-corrected chi connectivity index (χ2v) is 8.66. The average molecular weight is 357 g/mol. The van der Waals surface area contributed by atoms with Crippen LogP contribution in [-0.2, 0) is 14.2 Å². The van der Waals surface area contributed by atoms with Crippen LogP contribution in [0.5, 0.6) is 0 Å². The van der Waals surface area contributed by atoms with Gasteiger partial charge in [-0.05, 0) is 23.0 Å². The summed E-state index contributed by atoms with van der Waals surface area (Å²) in [6, 6.07) is 6.79. The van der Waals surface area contributed by atoms with E-state index < -0.39 is 12.3 Å². The molecule has 4 nitrogen and oxygen atoms in total. The van der Waals surface area contributed by atoms with E-state index in [4.69, 9.17) is 25.8 Å². The fraction of sp³-hybridized carbons (Fsp3) is 0.632. The lowest BCUT2D eigenvalue weighted by Crippen LogP contribution is -2.32. The molecule has 5 heteroatoms. The monoisotopic (exact) mass is 356 g/mol. The molecule has 136 valence electrons. The summed E-state index contributed by atoms with van der Waals surface area (Å²) < 4.78 is 16.9. The minimum Gasteiger partial charge on any atom is -0.457 e. The van der Waals surface area contributed by atoms with Crippen LogP contribution >= 0.6 is 11.6 Å². The van der Waals surface area contributed by atoms with Gasteiger partial charge in [0.25, 0.3) is 0 Å². The van der Waals surface area contributed by atoms with E-state index in [0.717, 1.165) is 0 Å². The van der Waals surface area contributed by atoms with E-state index in [1.54, 1.807) is 24.3 Å². The summed E-state index contributed by atoms with van der Waals surface area (Å²) in [5.74, 6) is -0.482. The van der Waals surface area contributed by atoms with Gasteiger partial charge in [0, 0.05) is 0 Å². The number of carbonyl (C=O) groups excluding carboxylic acids is 1. The Hall–Kier alpha value is -1.10. The average Bonchev–Trinajstić information content (AvgIpc) is 2.44. The van der Waals surface area contributed by atoms with Gasteiger partial charge in [0.05, 0.1) is 23.8 Å². The van der Waals surface area contributed by atoms with Crippen LogP contribution in [0.2, 0.25) is 5.02 Å². The predicted molar refractivity (Wildman–Crippen MR) is 96.3 cm³/mol. The van der Waals surface area contributed by atoms with Crippen molar-refractivity contribution in [3.8, 4) is 0 Å². The van der Waals surface area contributed by atoms with E-state index in [2.05, 4.69) is 41.5 Å². The van der Waals surface area contributed by atoms with Crippen molar-refractivity contribution in [3.63, 3.8) is 0 Å². The minimum absolute atomic E-state index is 0.00388. The number of halogens is 1. The predicted octanol–water partition coefficient (Wildman–Crippen LogP) is 4.95. The molecule has 0 amide bonds. The van der Waals surface area contributed by atoms with Gasteiger partial charge in [0.2, 0.25) is 0 Å². The Balaban J connectivity index is 2.63. The van der Waals surface area contributed by atoms with Crippen molar-refractivity contribution in [2.45, 2.75) is 47.8 Å². The largest absolute Gasteiger partial charge is 0.457 e.